The number of benzene rings is 1. The first-order chi connectivity index (χ1) is 8.67. The van der Waals surface area contributed by atoms with Crippen LogP contribution in [0.25, 0.3) is 6.08 Å². The van der Waals surface area contributed by atoms with E-state index in [9.17, 15) is 4.79 Å². The minimum absolute atomic E-state index is 0.0554. The summed E-state index contributed by atoms with van der Waals surface area (Å²) in [4.78, 5) is 11.8. The van der Waals surface area contributed by atoms with Gasteiger partial charge in [0.15, 0.2) is 17.3 Å². The molecule has 94 valence electrons. The van der Waals surface area contributed by atoms with E-state index in [1.807, 2.05) is 24.3 Å². The molecule has 1 aliphatic rings. The third-order valence-corrected chi connectivity index (χ3v) is 3.07. The van der Waals surface area contributed by atoms with Gasteiger partial charge in [-0.05, 0) is 30.6 Å². The quantitative estimate of drug-likeness (QED) is 0.767. The fourth-order valence-corrected chi connectivity index (χ4v) is 2.09. The normalized spacial score (nSPS) is 17.3. The summed E-state index contributed by atoms with van der Waals surface area (Å²) in [5.41, 5.74) is 2.32. The Hall–Kier alpha value is -2.03. The van der Waals surface area contributed by atoms with Gasteiger partial charge in [0.25, 0.3) is 0 Å². The van der Waals surface area contributed by atoms with Crippen LogP contribution in [0.4, 0.5) is 0 Å². The van der Waals surface area contributed by atoms with E-state index in [4.69, 9.17) is 9.47 Å². The van der Waals surface area contributed by atoms with Gasteiger partial charge in [0, 0.05) is 11.1 Å². The van der Waals surface area contributed by atoms with Gasteiger partial charge in [-0.2, -0.15) is 0 Å². The number of allylic oxidation sites excluding steroid dienone is 2. The maximum Gasteiger partial charge on any atom is 0.184 e. The van der Waals surface area contributed by atoms with Crippen LogP contribution in [0.2, 0.25) is 0 Å². The summed E-state index contributed by atoms with van der Waals surface area (Å²) in [6.45, 7) is 3.76. The average molecular weight is 244 g/mol. The first-order valence-electron chi connectivity index (χ1n) is 5.81. The maximum absolute atomic E-state index is 11.8. The molecule has 3 nitrogen and oxygen atoms in total. The molecular formula is C15H16O3. The van der Waals surface area contributed by atoms with E-state index in [2.05, 4.69) is 6.58 Å². The SMILES string of the molecule is C=C1CC/C(=C/c2cccc(OC)c2OC)C1=O. The molecule has 0 amide bonds. The number of Topliss-reactive ketones (excluding diaryl/α,β-unsaturated/α-hetero) is 1. The summed E-state index contributed by atoms with van der Waals surface area (Å²) in [5, 5.41) is 0. The summed E-state index contributed by atoms with van der Waals surface area (Å²) < 4.78 is 10.6. The Morgan fingerprint density at radius 3 is 2.56 bits per heavy atom. The molecule has 2 rings (SSSR count). The van der Waals surface area contributed by atoms with Crippen molar-refractivity contribution in [3.63, 3.8) is 0 Å². The van der Waals surface area contributed by atoms with Crippen LogP contribution in [-0.2, 0) is 4.79 Å². The highest BCUT2D eigenvalue weighted by Crippen LogP contribution is 2.34. The highest BCUT2D eigenvalue weighted by Gasteiger charge is 2.21. The Labute approximate surface area is 107 Å². The predicted molar refractivity (Wildman–Crippen MR) is 70.9 cm³/mol. The number of hydrogen-bond acceptors (Lipinski definition) is 3. The van der Waals surface area contributed by atoms with Crippen molar-refractivity contribution in [2.45, 2.75) is 12.8 Å². The van der Waals surface area contributed by atoms with Crippen molar-refractivity contribution in [1.82, 2.24) is 0 Å². The van der Waals surface area contributed by atoms with E-state index >= 15 is 0 Å². The van der Waals surface area contributed by atoms with E-state index in [1.54, 1.807) is 14.2 Å². The fourth-order valence-electron chi connectivity index (χ4n) is 2.09. The lowest BCUT2D eigenvalue weighted by Crippen LogP contribution is -1.96. The standard InChI is InChI=1S/C15H16O3/c1-10-7-8-11(14(10)16)9-12-5-4-6-13(17-2)15(12)18-3/h4-6,9H,1,7-8H2,2-3H3/b11-9-. The highest BCUT2D eigenvalue weighted by molar-refractivity contribution is 6.13. The molecule has 1 aliphatic carbocycles. The zero-order chi connectivity index (χ0) is 13.1. The van der Waals surface area contributed by atoms with Crippen LogP contribution in [0.15, 0.2) is 35.9 Å². The molecule has 0 saturated heterocycles. The smallest absolute Gasteiger partial charge is 0.184 e. The van der Waals surface area contributed by atoms with Gasteiger partial charge in [-0.1, -0.05) is 18.7 Å². The number of rotatable bonds is 3. The zero-order valence-electron chi connectivity index (χ0n) is 10.7. The number of methoxy groups -OCH3 is 2. The highest BCUT2D eigenvalue weighted by atomic mass is 16.5. The van der Waals surface area contributed by atoms with E-state index < -0.39 is 0 Å². The zero-order valence-corrected chi connectivity index (χ0v) is 10.7. The predicted octanol–water partition coefficient (Wildman–Crippen LogP) is 3.01. The van der Waals surface area contributed by atoms with Crippen LogP contribution in [-0.4, -0.2) is 20.0 Å². The van der Waals surface area contributed by atoms with E-state index in [-0.39, 0.29) is 5.78 Å². The van der Waals surface area contributed by atoms with Gasteiger partial charge in [-0.3, -0.25) is 4.79 Å². The van der Waals surface area contributed by atoms with E-state index in [0.717, 1.165) is 24.0 Å². The lowest BCUT2D eigenvalue weighted by molar-refractivity contribution is -0.111. The molecule has 0 radical (unpaired) electrons. The third-order valence-electron chi connectivity index (χ3n) is 3.07. The summed E-state index contributed by atoms with van der Waals surface area (Å²) >= 11 is 0. The summed E-state index contributed by atoms with van der Waals surface area (Å²) in [6.07, 6.45) is 3.36. The monoisotopic (exact) mass is 244 g/mol. The van der Waals surface area contributed by atoms with Crippen LogP contribution in [0.5, 0.6) is 11.5 Å². The van der Waals surface area contributed by atoms with Gasteiger partial charge < -0.3 is 9.47 Å². The molecule has 0 atom stereocenters. The van der Waals surface area contributed by atoms with Crippen LogP contribution in [0, 0.1) is 0 Å². The van der Waals surface area contributed by atoms with Crippen LogP contribution < -0.4 is 9.47 Å². The van der Waals surface area contributed by atoms with Gasteiger partial charge in [-0.25, -0.2) is 0 Å². The largest absolute Gasteiger partial charge is 0.493 e. The number of ketones is 1. The minimum Gasteiger partial charge on any atom is -0.493 e. The second-order valence-corrected chi connectivity index (χ2v) is 4.19. The van der Waals surface area contributed by atoms with Crippen molar-refractivity contribution in [3.8, 4) is 11.5 Å². The Morgan fingerprint density at radius 1 is 1.22 bits per heavy atom. The summed E-state index contributed by atoms with van der Waals surface area (Å²) in [7, 11) is 3.19. The molecule has 18 heavy (non-hydrogen) atoms. The first kappa shape index (κ1) is 12.4. The molecule has 0 unspecified atom stereocenters. The molecule has 1 saturated carbocycles. The van der Waals surface area contributed by atoms with Crippen molar-refractivity contribution in [2.24, 2.45) is 0 Å². The van der Waals surface area contributed by atoms with Gasteiger partial charge in [-0.15, -0.1) is 0 Å². The molecule has 0 aliphatic heterocycles. The van der Waals surface area contributed by atoms with E-state index in [1.165, 1.54) is 0 Å². The molecule has 3 heteroatoms. The van der Waals surface area contributed by atoms with Gasteiger partial charge in [0.2, 0.25) is 0 Å². The Kier molecular flexibility index (Phi) is 3.51. The molecule has 1 fully saturated rings. The van der Waals surface area contributed by atoms with E-state index in [0.29, 0.717) is 17.1 Å². The molecule has 0 N–H and O–H groups in total. The molecular weight excluding hydrogens is 228 g/mol. The maximum atomic E-state index is 11.8. The second kappa shape index (κ2) is 5.08. The molecule has 0 spiro atoms. The molecule has 1 aromatic carbocycles. The second-order valence-electron chi connectivity index (χ2n) is 4.19. The van der Waals surface area contributed by atoms with Crippen molar-refractivity contribution in [3.05, 3.63) is 41.5 Å². The van der Waals surface area contributed by atoms with Gasteiger partial charge in [0.05, 0.1) is 14.2 Å². The Bertz CT molecular complexity index is 527. The molecule has 0 aromatic heterocycles. The number of hydrogen-bond donors (Lipinski definition) is 0. The lowest BCUT2D eigenvalue weighted by atomic mass is 10.1. The average Bonchev–Trinajstić information content (AvgIpc) is 2.70. The third kappa shape index (κ3) is 2.16. The van der Waals surface area contributed by atoms with Crippen molar-refractivity contribution >= 4 is 11.9 Å². The van der Waals surface area contributed by atoms with Crippen LogP contribution >= 0.6 is 0 Å². The fraction of sp³-hybridized carbons (Fsp3) is 0.267. The summed E-state index contributed by atoms with van der Waals surface area (Å²) in [5.74, 6) is 1.37. The number of carbonyl (C=O) groups is 1. The van der Waals surface area contributed by atoms with Gasteiger partial charge >= 0.3 is 0 Å². The minimum atomic E-state index is 0.0554. The topological polar surface area (TPSA) is 35.5 Å². The Morgan fingerprint density at radius 2 is 2.00 bits per heavy atom. The van der Waals surface area contributed by atoms with Gasteiger partial charge in [0.1, 0.15) is 0 Å². The number of carbonyl (C=O) groups excluding carboxylic acids is 1. The van der Waals surface area contributed by atoms with Crippen molar-refractivity contribution in [1.29, 1.82) is 0 Å². The number of ether oxygens (including phenoxy) is 2. The van der Waals surface area contributed by atoms with Crippen LogP contribution in [0.3, 0.4) is 0 Å². The molecule has 0 bridgehead atoms. The van der Waals surface area contributed by atoms with Crippen molar-refractivity contribution < 1.29 is 14.3 Å². The number of para-hydroxylation sites is 1. The van der Waals surface area contributed by atoms with Crippen molar-refractivity contribution in [2.75, 3.05) is 14.2 Å². The van der Waals surface area contributed by atoms with Crippen LogP contribution in [0.1, 0.15) is 18.4 Å². The summed E-state index contributed by atoms with van der Waals surface area (Å²) in [6, 6.07) is 5.61. The lowest BCUT2D eigenvalue weighted by Gasteiger charge is -2.10. The first-order valence-corrected chi connectivity index (χ1v) is 5.81. The Balaban J connectivity index is 2.43. The molecule has 1 aromatic rings. The molecule has 0 heterocycles.